The number of aliphatic hydroxyl groups is 7. The molecule has 73 heavy (non-hydrogen) atoms. The van der Waals surface area contributed by atoms with Crippen molar-refractivity contribution in [3.8, 4) is 0 Å². The van der Waals surface area contributed by atoms with Gasteiger partial charge in [-0.25, -0.2) is 0 Å². The first-order valence-electron chi connectivity index (χ1n) is 31.2. The second kappa shape index (κ2) is 51.4. The van der Waals surface area contributed by atoms with Gasteiger partial charge < -0.3 is 50.5 Å². The van der Waals surface area contributed by atoms with Crippen LogP contribution in [0.3, 0.4) is 0 Å². The first-order chi connectivity index (χ1) is 35.7. The minimum absolute atomic E-state index is 0.262. The maximum Gasteiger partial charge on any atom is 0.249 e. The number of carbonyl (C=O) groups excluding carboxylic acids is 1. The fourth-order valence-corrected chi connectivity index (χ4v) is 10.2. The predicted molar refractivity (Wildman–Crippen MR) is 302 cm³/mol. The maximum absolute atomic E-state index is 13.1. The van der Waals surface area contributed by atoms with Crippen LogP contribution in [0.15, 0.2) is 24.3 Å². The summed E-state index contributed by atoms with van der Waals surface area (Å²) in [6.07, 6.45) is 51.4. The molecule has 11 heteroatoms. The molecule has 1 saturated heterocycles. The molecule has 1 fully saturated rings. The molecule has 11 nitrogen and oxygen atoms in total. The smallest absolute Gasteiger partial charge is 0.249 e. The molecule has 1 heterocycles. The third-order valence-electron chi connectivity index (χ3n) is 15.3. The van der Waals surface area contributed by atoms with E-state index in [1.807, 2.05) is 0 Å². The highest BCUT2D eigenvalue weighted by Crippen LogP contribution is 2.24. The Morgan fingerprint density at radius 3 is 1.22 bits per heavy atom. The van der Waals surface area contributed by atoms with E-state index in [9.17, 15) is 40.5 Å². The predicted octanol–water partition coefficient (Wildman–Crippen LogP) is 13.7. The number of aliphatic hydroxyl groups excluding tert-OH is 7. The minimum atomic E-state index is -1.66. The van der Waals surface area contributed by atoms with Crippen molar-refractivity contribution in [1.29, 1.82) is 0 Å². The molecule has 1 rings (SSSR count). The molecular formula is C62H119NO10. The second-order valence-corrected chi connectivity index (χ2v) is 22.1. The molecule has 8 N–H and O–H groups in total. The zero-order valence-corrected chi connectivity index (χ0v) is 47.4. The molecule has 1 aliphatic heterocycles. The van der Waals surface area contributed by atoms with Gasteiger partial charge in [0.1, 0.15) is 36.6 Å². The van der Waals surface area contributed by atoms with E-state index in [0.717, 1.165) is 44.9 Å². The van der Waals surface area contributed by atoms with E-state index in [0.29, 0.717) is 19.3 Å². The molecule has 432 valence electrons. The molecule has 9 atom stereocenters. The third-order valence-corrected chi connectivity index (χ3v) is 15.3. The summed E-state index contributed by atoms with van der Waals surface area (Å²) in [5.74, 6) is -0.695. The molecule has 0 bridgehead atoms. The molecular weight excluding hydrogens is 919 g/mol. The molecule has 9 unspecified atom stereocenters. The second-order valence-electron chi connectivity index (χ2n) is 22.1. The summed E-state index contributed by atoms with van der Waals surface area (Å²) in [6, 6.07) is -1.16. The van der Waals surface area contributed by atoms with Crippen LogP contribution in [0.4, 0.5) is 0 Å². The van der Waals surface area contributed by atoms with Gasteiger partial charge >= 0.3 is 0 Å². The number of amides is 1. The summed E-state index contributed by atoms with van der Waals surface area (Å²) in [5, 5.41) is 75.9. The van der Waals surface area contributed by atoms with E-state index in [4.69, 9.17) is 9.47 Å². The number of rotatable bonds is 54. The number of allylic oxidation sites excluding steroid dienone is 4. The topological polar surface area (TPSA) is 189 Å². The lowest BCUT2D eigenvalue weighted by molar-refractivity contribution is -0.303. The number of nitrogens with one attached hydrogen (secondary N) is 1. The van der Waals surface area contributed by atoms with E-state index in [-0.39, 0.29) is 6.42 Å². The standard InChI is InChI=1S/C62H119NO10/c1-3-5-7-9-11-13-15-16-17-18-19-20-21-22-23-24-25-26-27-28-29-30-31-32-33-34-35-36-37-38-39-40-42-44-46-48-50-55(66)61(71)63-53(52-72-62-60(70)59(69)58(68)56(51-64)73-62)57(67)54(65)49-47-45-43-41-14-12-10-8-6-4-2/h23-24,26-27,53-60,62,64-70H,3-22,25,28-52H2,1-2H3,(H,63,71)/b24-23-,27-26-. The van der Waals surface area contributed by atoms with Crippen LogP contribution >= 0.6 is 0 Å². The van der Waals surface area contributed by atoms with Gasteiger partial charge in [-0.05, 0) is 44.9 Å². The van der Waals surface area contributed by atoms with Crippen molar-refractivity contribution in [3.05, 3.63) is 24.3 Å². The van der Waals surface area contributed by atoms with Crippen molar-refractivity contribution in [2.45, 2.75) is 351 Å². The third kappa shape index (κ3) is 39.6. The Morgan fingerprint density at radius 1 is 0.479 bits per heavy atom. The van der Waals surface area contributed by atoms with Gasteiger partial charge in [0.05, 0.1) is 25.4 Å². The lowest BCUT2D eigenvalue weighted by Gasteiger charge is -2.40. The summed E-state index contributed by atoms with van der Waals surface area (Å²) in [6.45, 7) is 3.45. The van der Waals surface area contributed by atoms with E-state index in [2.05, 4.69) is 43.5 Å². The van der Waals surface area contributed by atoms with Crippen molar-refractivity contribution in [2.75, 3.05) is 13.2 Å². The Balaban J connectivity index is 2.11. The van der Waals surface area contributed by atoms with Crippen LogP contribution in [0.25, 0.3) is 0 Å². The van der Waals surface area contributed by atoms with E-state index >= 15 is 0 Å². The van der Waals surface area contributed by atoms with Gasteiger partial charge in [0, 0.05) is 0 Å². The molecule has 0 aromatic carbocycles. The highest BCUT2D eigenvalue weighted by molar-refractivity contribution is 5.80. The normalized spacial score (nSPS) is 20.0. The first kappa shape index (κ1) is 69.6. The van der Waals surface area contributed by atoms with Crippen LogP contribution in [-0.2, 0) is 14.3 Å². The molecule has 0 spiro atoms. The SMILES string of the molecule is CCCCCCCCCCCCCCC/C=C\C/C=C\CCCCCCCCCCCCCCCCCCC(O)C(=O)NC(COC1OC(CO)C(O)C(O)C1O)C(O)C(O)CCCCCCCCCCCC. The van der Waals surface area contributed by atoms with Crippen LogP contribution in [0.2, 0.25) is 0 Å². The van der Waals surface area contributed by atoms with Gasteiger partial charge in [-0.2, -0.15) is 0 Å². The molecule has 0 aromatic heterocycles. The Kier molecular flexibility index (Phi) is 49.0. The van der Waals surface area contributed by atoms with Crippen LogP contribution < -0.4 is 5.32 Å². The van der Waals surface area contributed by atoms with Crippen LogP contribution in [-0.4, -0.2) is 110 Å². The molecule has 0 aromatic rings. The van der Waals surface area contributed by atoms with Crippen LogP contribution in [0.1, 0.15) is 296 Å². The van der Waals surface area contributed by atoms with Gasteiger partial charge in [-0.1, -0.05) is 276 Å². The number of carbonyl (C=O) groups is 1. The fraction of sp³-hybridized carbons (Fsp3) is 0.919. The van der Waals surface area contributed by atoms with Gasteiger partial charge in [-0.15, -0.1) is 0 Å². The Bertz CT molecular complexity index is 1240. The zero-order chi connectivity index (χ0) is 53.3. The number of hydrogen-bond donors (Lipinski definition) is 8. The Labute approximate surface area is 448 Å². The highest BCUT2D eigenvalue weighted by atomic mass is 16.7. The summed E-state index contributed by atoms with van der Waals surface area (Å²) >= 11 is 0. The summed E-state index contributed by atoms with van der Waals surface area (Å²) in [4.78, 5) is 13.1. The van der Waals surface area contributed by atoms with Crippen molar-refractivity contribution in [3.63, 3.8) is 0 Å². The number of hydrogen-bond acceptors (Lipinski definition) is 10. The summed E-state index contributed by atoms with van der Waals surface area (Å²) < 4.78 is 11.1. The number of ether oxygens (including phenoxy) is 2. The average Bonchev–Trinajstić information content (AvgIpc) is 3.39. The lowest BCUT2D eigenvalue weighted by atomic mass is 9.98. The van der Waals surface area contributed by atoms with Gasteiger partial charge in [0.15, 0.2) is 6.29 Å². The Hall–Kier alpha value is -1.41. The van der Waals surface area contributed by atoms with Crippen LogP contribution in [0, 0.1) is 0 Å². The van der Waals surface area contributed by atoms with Crippen molar-refractivity contribution < 1.29 is 50.0 Å². The zero-order valence-electron chi connectivity index (χ0n) is 47.4. The Morgan fingerprint density at radius 2 is 0.836 bits per heavy atom. The first-order valence-corrected chi connectivity index (χ1v) is 31.2. The summed E-state index contributed by atoms with van der Waals surface area (Å²) in [7, 11) is 0. The fourth-order valence-electron chi connectivity index (χ4n) is 10.2. The van der Waals surface area contributed by atoms with E-state index in [1.165, 1.54) is 212 Å². The quantitative estimate of drug-likeness (QED) is 0.0215. The molecule has 0 radical (unpaired) electrons. The molecule has 1 amide bonds. The van der Waals surface area contributed by atoms with Gasteiger partial charge in [0.25, 0.3) is 0 Å². The van der Waals surface area contributed by atoms with Crippen LogP contribution in [0.5, 0.6) is 0 Å². The summed E-state index contributed by atoms with van der Waals surface area (Å²) in [5.41, 5.74) is 0. The number of unbranched alkanes of at least 4 members (excludes halogenated alkanes) is 38. The lowest BCUT2D eigenvalue weighted by Crippen LogP contribution is -2.60. The van der Waals surface area contributed by atoms with Crippen molar-refractivity contribution >= 4 is 5.91 Å². The van der Waals surface area contributed by atoms with E-state index < -0.39 is 74.2 Å². The van der Waals surface area contributed by atoms with Crippen molar-refractivity contribution in [1.82, 2.24) is 5.32 Å². The minimum Gasteiger partial charge on any atom is -0.394 e. The molecule has 0 saturated carbocycles. The van der Waals surface area contributed by atoms with E-state index in [1.54, 1.807) is 0 Å². The molecule has 1 aliphatic rings. The monoisotopic (exact) mass is 1040 g/mol. The molecule has 0 aliphatic carbocycles. The maximum atomic E-state index is 13.1. The average molecular weight is 1040 g/mol. The van der Waals surface area contributed by atoms with Gasteiger partial charge in [0.2, 0.25) is 5.91 Å². The van der Waals surface area contributed by atoms with Gasteiger partial charge in [-0.3, -0.25) is 4.79 Å². The van der Waals surface area contributed by atoms with Crippen molar-refractivity contribution in [2.24, 2.45) is 0 Å². The highest BCUT2D eigenvalue weighted by Gasteiger charge is 2.44. The largest absolute Gasteiger partial charge is 0.394 e.